The number of hydrogen-bond donors (Lipinski definition) is 1. The molecule has 0 aromatic heterocycles. The highest BCUT2D eigenvalue weighted by atomic mass is 16.5. The fourth-order valence-corrected chi connectivity index (χ4v) is 6.80. The van der Waals surface area contributed by atoms with Crippen LogP contribution in [0.1, 0.15) is 79.1 Å². The smallest absolute Gasteiger partial charge is 0.220 e. The number of amides is 1. The van der Waals surface area contributed by atoms with Gasteiger partial charge in [-0.2, -0.15) is 0 Å². The number of ether oxygens (including phenoxy) is 1. The lowest BCUT2D eigenvalue weighted by atomic mass is 9.48. The lowest BCUT2D eigenvalue weighted by Gasteiger charge is -2.59. The van der Waals surface area contributed by atoms with Gasteiger partial charge in [-0.1, -0.05) is 18.6 Å². The molecular formula is C22H35NO2. The van der Waals surface area contributed by atoms with Crippen molar-refractivity contribution in [3.8, 4) is 0 Å². The van der Waals surface area contributed by atoms with Crippen molar-refractivity contribution in [1.29, 1.82) is 0 Å². The average Bonchev–Trinajstić information content (AvgIpc) is 2.53. The van der Waals surface area contributed by atoms with Crippen LogP contribution in [-0.2, 0) is 9.53 Å². The summed E-state index contributed by atoms with van der Waals surface area (Å²) in [6.07, 6.45) is 12.4. The zero-order valence-electron chi connectivity index (χ0n) is 16.4. The summed E-state index contributed by atoms with van der Waals surface area (Å²) in [4.78, 5) is 12.0. The SMILES string of the molecule is CC(C)O[C@H]1CC[C@@]2(C)C(=CC[C@@H]3[C@@H]2CC[C@]2(C)NC(=O)CC[C@@H]32)C1. The summed E-state index contributed by atoms with van der Waals surface area (Å²) in [7, 11) is 0. The van der Waals surface area contributed by atoms with Gasteiger partial charge in [0.1, 0.15) is 0 Å². The molecule has 140 valence electrons. The van der Waals surface area contributed by atoms with Gasteiger partial charge >= 0.3 is 0 Å². The molecule has 4 aliphatic rings. The van der Waals surface area contributed by atoms with Crippen molar-refractivity contribution in [2.45, 2.75) is 96.8 Å². The summed E-state index contributed by atoms with van der Waals surface area (Å²) in [6.45, 7) is 9.14. The maximum atomic E-state index is 12.0. The second-order valence-corrected chi connectivity index (χ2v) is 9.85. The molecule has 0 unspecified atom stereocenters. The summed E-state index contributed by atoms with van der Waals surface area (Å²) < 4.78 is 6.15. The van der Waals surface area contributed by atoms with Gasteiger partial charge in [0, 0.05) is 12.0 Å². The lowest BCUT2D eigenvalue weighted by molar-refractivity contribution is -0.131. The van der Waals surface area contributed by atoms with Gasteiger partial charge < -0.3 is 10.1 Å². The van der Waals surface area contributed by atoms with Gasteiger partial charge in [-0.15, -0.1) is 0 Å². The van der Waals surface area contributed by atoms with Crippen LogP contribution in [0.25, 0.3) is 0 Å². The van der Waals surface area contributed by atoms with Crippen molar-refractivity contribution in [1.82, 2.24) is 5.32 Å². The minimum absolute atomic E-state index is 0.0379. The molecule has 6 atom stereocenters. The van der Waals surface area contributed by atoms with Gasteiger partial charge in [-0.3, -0.25) is 4.79 Å². The molecule has 25 heavy (non-hydrogen) atoms. The van der Waals surface area contributed by atoms with E-state index in [1.807, 2.05) is 0 Å². The zero-order chi connectivity index (χ0) is 17.8. The van der Waals surface area contributed by atoms with Crippen LogP contribution in [0.15, 0.2) is 11.6 Å². The fraction of sp³-hybridized carbons (Fsp3) is 0.864. The number of nitrogens with one attached hydrogen (secondary N) is 1. The molecule has 1 heterocycles. The molecule has 3 heteroatoms. The standard InChI is InChI=1S/C22H35NO2/c1-14(2)25-16-9-11-21(3)15(13-16)5-6-17-18(21)10-12-22(4)19(17)7-8-20(24)23-22/h5,14,16-19H,6-13H2,1-4H3,(H,23,24)/t16-,17+,18-,19-,21-,22-/m0/s1. The van der Waals surface area contributed by atoms with Crippen molar-refractivity contribution in [2.75, 3.05) is 0 Å². The predicted octanol–water partition coefficient (Wildman–Crippen LogP) is 4.61. The zero-order valence-corrected chi connectivity index (χ0v) is 16.4. The van der Waals surface area contributed by atoms with Crippen molar-refractivity contribution in [3.05, 3.63) is 11.6 Å². The topological polar surface area (TPSA) is 38.3 Å². The van der Waals surface area contributed by atoms with Crippen LogP contribution in [0.2, 0.25) is 0 Å². The molecule has 0 spiro atoms. The highest BCUT2D eigenvalue weighted by Crippen LogP contribution is 2.60. The van der Waals surface area contributed by atoms with Gasteiger partial charge in [0.05, 0.1) is 12.2 Å². The number of allylic oxidation sites excluding steroid dienone is 1. The maximum Gasteiger partial charge on any atom is 0.220 e. The Bertz CT molecular complexity index is 583. The Hall–Kier alpha value is -0.830. The molecule has 1 N–H and O–H groups in total. The second-order valence-electron chi connectivity index (χ2n) is 9.85. The van der Waals surface area contributed by atoms with Crippen LogP contribution in [-0.4, -0.2) is 23.7 Å². The number of rotatable bonds is 2. The lowest BCUT2D eigenvalue weighted by Crippen LogP contribution is -2.62. The Morgan fingerprint density at radius 2 is 1.96 bits per heavy atom. The normalized spacial score (nSPS) is 46.6. The molecule has 0 aromatic rings. The monoisotopic (exact) mass is 345 g/mol. The van der Waals surface area contributed by atoms with Crippen molar-refractivity contribution in [3.63, 3.8) is 0 Å². The van der Waals surface area contributed by atoms with Crippen LogP contribution in [0.5, 0.6) is 0 Å². The van der Waals surface area contributed by atoms with Crippen LogP contribution in [0.4, 0.5) is 0 Å². The molecule has 2 saturated carbocycles. The Kier molecular flexibility index (Phi) is 4.30. The Morgan fingerprint density at radius 3 is 2.72 bits per heavy atom. The Balaban J connectivity index is 1.57. The summed E-state index contributed by atoms with van der Waals surface area (Å²) in [5.74, 6) is 2.46. The van der Waals surface area contributed by atoms with Gasteiger partial charge in [-0.05, 0) is 88.9 Å². The van der Waals surface area contributed by atoms with Crippen molar-refractivity contribution >= 4 is 5.91 Å². The quantitative estimate of drug-likeness (QED) is 0.742. The molecule has 1 amide bonds. The van der Waals surface area contributed by atoms with Crippen LogP contribution >= 0.6 is 0 Å². The Labute approximate surface area is 153 Å². The van der Waals surface area contributed by atoms with E-state index in [-0.39, 0.29) is 11.4 Å². The van der Waals surface area contributed by atoms with Crippen LogP contribution < -0.4 is 5.32 Å². The van der Waals surface area contributed by atoms with Gasteiger partial charge in [0.2, 0.25) is 5.91 Å². The second kappa shape index (κ2) is 6.11. The number of piperidine rings is 1. The van der Waals surface area contributed by atoms with Gasteiger partial charge in [-0.25, -0.2) is 0 Å². The largest absolute Gasteiger partial charge is 0.375 e. The van der Waals surface area contributed by atoms with E-state index < -0.39 is 0 Å². The molecule has 1 saturated heterocycles. The van der Waals surface area contributed by atoms with Crippen molar-refractivity contribution in [2.24, 2.45) is 23.2 Å². The first-order valence-electron chi connectivity index (χ1n) is 10.5. The summed E-state index contributed by atoms with van der Waals surface area (Å²) in [5, 5.41) is 3.36. The molecule has 1 aliphatic heterocycles. The first-order valence-corrected chi connectivity index (χ1v) is 10.5. The van der Waals surface area contributed by atoms with E-state index in [1.165, 1.54) is 25.7 Å². The first-order chi connectivity index (χ1) is 11.8. The van der Waals surface area contributed by atoms with E-state index in [4.69, 9.17) is 4.74 Å². The van der Waals surface area contributed by atoms with E-state index in [1.54, 1.807) is 5.57 Å². The number of fused-ring (bicyclic) bond motifs is 5. The highest BCUT2D eigenvalue weighted by molar-refractivity contribution is 5.77. The molecule has 3 aliphatic carbocycles. The summed E-state index contributed by atoms with van der Waals surface area (Å²) in [5.41, 5.74) is 2.08. The van der Waals surface area contributed by atoms with Gasteiger partial charge in [0.15, 0.2) is 0 Å². The summed E-state index contributed by atoms with van der Waals surface area (Å²) >= 11 is 0. The number of hydrogen-bond acceptors (Lipinski definition) is 2. The first kappa shape index (κ1) is 17.6. The minimum Gasteiger partial charge on any atom is -0.375 e. The van der Waals surface area contributed by atoms with E-state index in [0.717, 1.165) is 37.5 Å². The number of carbonyl (C=O) groups is 1. The molecule has 0 aromatic carbocycles. The third-order valence-electron chi connectivity index (χ3n) is 8.02. The van der Waals surface area contributed by atoms with E-state index >= 15 is 0 Å². The molecule has 0 radical (unpaired) electrons. The molecular weight excluding hydrogens is 310 g/mol. The molecule has 0 bridgehead atoms. The average molecular weight is 346 g/mol. The third-order valence-corrected chi connectivity index (χ3v) is 8.02. The fourth-order valence-electron chi connectivity index (χ4n) is 6.80. The van der Waals surface area contributed by atoms with Crippen LogP contribution in [0, 0.1) is 23.2 Å². The van der Waals surface area contributed by atoms with E-state index in [9.17, 15) is 4.79 Å². The van der Waals surface area contributed by atoms with E-state index in [2.05, 4.69) is 39.1 Å². The third kappa shape index (κ3) is 2.87. The Morgan fingerprint density at radius 1 is 1.16 bits per heavy atom. The van der Waals surface area contributed by atoms with Crippen LogP contribution in [0.3, 0.4) is 0 Å². The maximum absolute atomic E-state index is 12.0. The highest BCUT2D eigenvalue weighted by Gasteiger charge is 2.56. The summed E-state index contributed by atoms with van der Waals surface area (Å²) in [6, 6.07) is 0. The number of carbonyl (C=O) groups excluding carboxylic acids is 1. The molecule has 3 nitrogen and oxygen atoms in total. The predicted molar refractivity (Wildman–Crippen MR) is 100 cm³/mol. The molecule has 3 fully saturated rings. The van der Waals surface area contributed by atoms with Gasteiger partial charge in [0.25, 0.3) is 0 Å². The minimum atomic E-state index is 0.0379. The van der Waals surface area contributed by atoms with Crippen molar-refractivity contribution < 1.29 is 9.53 Å². The van der Waals surface area contributed by atoms with E-state index in [0.29, 0.717) is 23.5 Å². The molecule has 4 rings (SSSR count).